The fourth-order valence-corrected chi connectivity index (χ4v) is 7.26. The number of thioether (sulfide) groups is 1. The lowest BCUT2D eigenvalue weighted by Gasteiger charge is -2.34. The van der Waals surface area contributed by atoms with Crippen molar-refractivity contribution in [1.29, 1.82) is 0 Å². The molecule has 0 aliphatic heterocycles. The van der Waals surface area contributed by atoms with Gasteiger partial charge in [0.05, 0.1) is 18.1 Å². The predicted octanol–water partition coefficient (Wildman–Crippen LogP) is 4.65. The summed E-state index contributed by atoms with van der Waals surface area (Å²) in [6.07, 6.45) is 8.37. The average molecular weight is 604 g/mol. The van der Waals surface area contributed by atoms with Crippen molar-refractivity contribution in [2.24, 2.45) is 23.7 Å². The lowest BCUT2D eigenvalue weighted by atomic mass is 9.82. The van der Waals surface area contributed by atoms with Crippen LogP contribution >= 0.6 is 11.8 Å². The second-order valence-electron chi connectivity index (χ2n) is 13.5. The number of nitrogens with zero attached hydrogens (tertiary/aromatic N) is 1. The maximum absolute atomic E-state index is 13.8. The minimum absolute atomic E-state index is 0.0822. The summed E-state index contributed by atoms with van der Waals surface area (Å²) in [7, 11) is 4.10. The summed E-state index contributed by atoms with van der Waals surface area (Å²) in [6.45, 7) is 5.00. The molecular weight excluding hydrogens is 546 g/mol. The van der Waals surface area contributed by atoms with Crippen LogP contribution in [0.3, 0.4) is 0 Å². The van der Waals surface area contributed by atoms with Crippen molar-refractivity contribution in [2.45, 2.75) is 109 Å². The molecule has 238 valence electrons. The molecule has 3 rings (SSSR count). The molecule has 2 fully saturated rings. The fraction of sp³-hybridized carbons (Fsp3) is 0.765. The van der Waals surface area contributed by atoms with Crippen LogP contribution in [-0.4, -0.2) is 83.4 Å². The normalized spacial score (nSPS) is 19.7. The Bertz CT molecular complexity index is 921. The number of amides is 2. The largest absolute Gasteiger partial charge is 0.390 e. The Hall–Kier alpha value is -1.61. The van der Waals surface area contributed by atoms with Crippen LogP contribution in [-0.2, 0) is 16.0 Å². The van der Waals surface area contributed by atoms with Gasteiger partial charge in [0.2, 0.25) is 11.8 Å². The fourth-order valence-electron chi connectivity index (χ4n) is 6.05. The number of carbonyl (C=O) groups excluding carboxylic acids is 2. The average Bonchev–Trinajstić information content (AvgIpc) is 3.78. The van der Waals surface area contributed by atoms with E-state index in [1.54, 1.807) is 11.8 Å². The van der Waals surface area contributed by atoms with E-state index in [1.807, 2.05) is 32.0 Å². The van der Waals surface area contributed by atoms with E-state index in [1.165, 1.54) is 19.3 Å². The highest BCUT2D eigenvalue weighted by molar-refractivity contribution is 7.99. The van der Waals surface area contributed by atoms with Crippen molar-refractivity contribution in [2.75, 3.05) is 32.1 Å². The highest BCUT2D eigenvalue weighted by Crippen LogP contribution is 2.34. The number of nitrogens with one attached hydrogen (secondary N) is 2. The van der Waals surface area contributed by atoms with Crippen LogP contribution in [0.2, 0.25) is 0 Å². The van der Waals surface area contributed by atoms with Gasteiger partial charge in [-0.3, -0.25) is 9.59 Å². The molecule has 8 heteroatoms. The van der Waals surface area contributed by atoms with Gasteiger partial charge in [-0.1, -0.05) is 89.1 Å². The lowest BCUT2D eigenvalue weighted by molar-refractivity contribution is -0.132. The first-order chi connectivity index (χ1) is 20.1. The van der Waals surface area contributed by atoms with Crippen molar-refractivity contribution in [3.8, 4) is 0 Å². The van der Waals surface area contributed by atoms with Crippen LogP contribution in [0.25, 0.3) is 0 Å². The van der Waals surface area contributed by atoms with Crippen LogP contribution in [0.1, 0.15) is 83.6 Å². The van der Waals surface area contributed by atoms with Gasteiger partial charge in [0.25, 0.3) is 0 Å². The van der Waals surface area contributed by atoms with E-state index < -0.39 is 24.3 Å². The molecular formula is C34H57N3O4S. The van der Waals surface area contributed by atoms with E-state index in [9.17, 15) is 19.8 Å². The summed E-state index contributed by atoms with van der Waals surface area (Å²) in [4.78, 5) is 29.7. The molecule has 42 heavy (non-hydrogen) atoms. The molecule has 1 aromatic rings. The van der Waals surface area contributed by atoms with Gasteiger partial charge in [0.1, 0.15) is 12.1 Å². The topological polar surface area (TPSA) is 102 Å². The first-order valence-corrected chi connectivity index (χ1v) is 17.5. The Kier molecular flexibility index (Phi) is 15.2. The van der Waals surface area contributed by atoms with Crippen LogP contribution in [0, 0.1) is 23.7 Å². The molecule has 0 radical (unpaired) electrons. The third-order valence-corrected chi connectivity index (χ3v) is 9.86. The Morgan fingerprint density at radius 1 is 0.929 bits per heavy atom. The van der Waals surface area contributed by atoms with Gasteiger partial charge in [-0.25, -0.2) is 0 Å². The quantitative estimate of drug-likeness (QED) is 0.172. The molecule has 4 N–H and O–H groups in total. The summed E-state index contributed by atoms with van der Waals surface area (Å²) >= 11 is 1.78. The molecule has 2 aliphatic carbocycles. The molecule has 7 nitrogen and oxygen atoms in total. The zero-order valence-electron chi connectivity index (χ0n) is 26.5. The number of rotatable bonds is 19. The Morgan fingerprint density at radius 3 is 2.21 bits per heavy atom. The third kappa shape index (κ3) is 12.9. The SMILES string of the molecule is CC(C)C[C@H](O)[C@H](O)[C@H](CC1CCCCC1)NC(=O)[C@@H](CC1CC1)NC(=O)C(CSCCN(C)C)Cc1ccccc1. The number of hydrogen-bond acceptors (Lipinski definition) is 6. The predicted molar refractivity (Wildman–Crippen MR) is 173 cm³/mol. The molecule has 2 aliphatic rings. The summed E-state index contributed by atoms with van der Waals surface area (Å²) in [5.41, 5.74) is 1.11. The van der Waals surface area contributed by atoms with Crippen LogP contribution < -0.4 is 10.6 Å². The molecule has 0 saturated heterocycles. The van der Waals surface area contributed by atoms with Crippen molar-refractivity contribution in [3.05, 3.63) is 35.9 Å². The Labute approximate surface area is 259 Å². The molecule has 2 amide bonds. The van der Waals surface area contributed by atoms with Crippen molar-refractivity contribution in [3.63, 3.8) is 0 Å². The third-order valence-electron chi connectivity index (χ3n) is 8.76. The second-order valence-corrected chi connectivity index (χ2v) is 14.7. The van der Waals surface area contributed by atoms with Crippen LogP contribution in [0.5, 0.6) is 0 Å². The van der Waals surface area contributed by atoms with Crippen molar-refractivity contribution < 1.29 is 19.8 Å². The molecule has 0 spiro atoms. The molecule has 2 saturated carbocycles. The van der Waals surface area contributed by atoms with Gasteiger partial charge in [-0.15, -0.1) is 0 Å². The number of carbonyl (C=O) groups is 2. The first kappa shape index (κ1) is 34.9. The summed E-state index contributed by atoms with van der Waals surface area (Å²) in [5, 5.41) is 28.3. The van der Waals surface area contributed by atoms with Gasteiger partial charge < -0.3 is 25.7 Å². The minimum atomic E-state index is -1.03. The highest BCUT2D eigenvalue weighted by atomic mass is 32.2. The number of benzene rings is 1. The van der Waals surface area contributed by atoms with Crippen LogP contribution in [0.4, 0.5) is 0 Å². The molecule has 0 bridgehead atoms. The smallest absolute Gasteiger partial charge is 0.242 e. The summed E-state index contributed by atoms with van der Waals surface area (Å²) in [5.74, 6) is 2.18. The van der Waals surface area contributed by atoms with E-state index in [0.29, 0.717) is 43.3 Å². The first-order valence-electron chi connectivity index (χ1n) is 16.4. The van der Waals surface area contributed by atoms with Crippen LogP contribution in [0.15, 0.2) is 30.3 Å². The zero-order chi connectivity index (χ0) is 30.5. The minimum Gasteiger partial charge on any atom is -0.390 e. The maximum Gasteiger partial charge on any atom is 0.242 e. The van der Waals surface area contributed by atoms with E-state index in [-0.39, 0.29) is 23.7 Å². The summed E-state index contributed by atoms with van der Waals surface area (Å²) < 4.78 is 0. The Morgan fingerprint density at radius 2 is 1.60 bits per heavy atom. The zero-order valence-corrected chi connectivity index (χ0v) is 27.3. The van der Waals surface area contributed by atoms with Gasteiger partial charge in [-0.05, 0) is 63.1 Å². The number of aliphatic hydroxyl groups is 2. The maximum atomic E-state index is 13.8. The second kappa shape index (κ2) is 18.3. The molecule has 0 heterocycles. The molecule has 5 atom stereocenters. The standard InChI is InChI=1S/C34H57N3O4S/c1-24(2)19-31(38)32(39)29(21-26-13-9-6-10-14-26)35-34(41)30(22-27-15-16-27)36-33(40)28(23-42-18-17-37(3)4)20-25-11-7-5-8-12-25/h5,7-8,11-12,24,26-32,38-39H,6,9-10,13-23H2,1-4H3,(H,35,41)(H,36,40)/t28?,29-,30+,31-,32+/m0/s1. The monoisotopic (exact) mass is 603 g/mol. The number of hydrogen-bond donors (Lipinski definition) is 4. The Balaban J connectivity index is 1.71. The van der Waals surface area contributed by atoms with E-state index in [2.05, 4.69) is 41.8 Å². The van der Waals surface area contributed by atoms with Crippen molar-refractivity contribution in [1.82, 2.24) is 15.5 Å². The molecule has 1 unspecified atom stereocenters. The van der Waals surface area contributed by atoms with Gasteiger partial charge >= 0.3 is 0 Å². The lowest BCUT2D eigenvalue weighted by Crippen LogP contribution is -2.56. The van der Waals surface area contributed by atoms with E-state index in [4.69, 9.17) is 0 Å². The van der Waals surface area contributed by atoms with E-state index >= 15 is 0 Å². The van der Waals surface area contributed by atoms with Gasteiger partial charge in [-0.2, -0.15) is 11.8 Å². The van der Waals surface area contributed by atoms with E-state index in [0.717, 1.165) is 43.5 Å². The van der Waals surface area contributed by atoms with Gasteiger partial charge in [0.15, 0.2) is 0 Å². The van der Waals surface area contributed by atoms with Gasteiger partial charge in [0, 0.05) is 18.1 Å². The highest BCUT2D eigenvalue weighted by Gasteiger charge is 2.36. The summed E-state index contributed by atoms with van der Waals surface area (Å²) in [6, 6.07) is 8.92. The number of aliphatic hydroxyl groups excluding tert-OH is 2. The van der Waals surface area contributed by atoms with Crippen molar-refractivity contribution >= 4 is 23.6 Å². The molecule has 0 aromatic heterocycles. The molecule has 1 aromatic carbocycles.